The Bertz CT molecular complexity index is 702. The van der Waals surface area contributed by atoms with Crippen molar-refractivity contribution in [2.45, 2.75) is 0 Å². The lowest BCUT2D eigenvalue weighted by molar-refractivity contribution is 0.204. The molecule has 1 aromatic carbocycles. The number of nitrogens with zero attached hydrogens (tertiary/aromatic N) is 2. The zero-order valence-corrected chi connectivity index (χ0v) is 10.9. The largest absolute Gasteiger partial charge is 0.420 e. The van der Waals surface area contributed by atoms with Crippen LogP contribution in [0.1, 0.15) is 0 Å². The lowest BCUT2D eigenvalue weighted by atomic mass is 10.2. The van der Waals surface area contributed by atoms with E-state index in [0.29, 0.717) is 31.8 Å². The van der Waals surface area contributed by atoms with E-state index in [9.17, 15) is 9.59 Å². The van der Waals surface area contributed by atoms with Crippen molar-refractivity contribution >= 4 is 22.7 Å². The Hall–Kier alpha value is -2.50. The van der Waals surface area contributed by atoms with E-state index in [0.717, 1.165) is 11.1 Å². The Kier molecular flexibility index (Phi) is 3.06. The van der Waals surface area contributed by atoms with Crippen LogP contribution in [0, 0.1) is 0 Å². The summed E-state index contributed by atoms with van der Waals surface area (Å²) < 4.78 is 5.32. The van der Waals surface area contributed by atoms with Gasteiger partial charge in [0.1, 0.15) is 0 Å². The van der Waals surface area contributed by atoms with E-state index in [4.69, 9.17) is 10.2 Å². The van der Waals surface area contributed by atoms with Crippen molar-refractivity contribution in [1.82, 2.24) is 4.90 Å². The summed E-state index contributed by atoms with van der Waals surface area (Å²) in [5.41, 5.74) is 6.38. The molecule has 1 aromatic heterocycles. The van der Waals surface area contributed by atoms with Gasteiger partial charge in [-0.05, 0) is 12.1 Å². The quantitative estimate of drug-likeness (QED) is 0.786. The Morgan fingerprint density at radius 3 is 2.55 bits per heavy atom. The molecule has 0 bridgehead atoms. The number of para-hydroxylation sites is 1. The molecule has 2 N–H and O–H groups in total. The van der Waals surface area contributed by atoms with Crippen LogP contribution in [-0.4, -0.2) is 37.1 Å². The van der Waals surface area contributed by atoms with Gasteiger partial charge in [0.15, 0.2) is 5.58 Å². The molecule has 2 aromatic rings. The maximum absolute atomic E-state index is 11.4. The Balaban J connectivity index is 1.93. The number of fused-ring (bicyclic) bond motifs is 1. The van der Waals surface area contributed by atoms with Crippen LogP contribution in [0.15, 0.2) is 39.5 Å². The number of hydrogen-bond acceptors (Lipinski definition) is 4. The van der Waals surface area contributed by atoms with Crippen molar-refractivity contribution < 1.29 is 9.21 Å². The maximum atomic E-state index is 11.4. The van der Waals surface area contributed by atoms with E-state index in [1.165, 1.54) is 6.07 Å². The molecule has 0 spiro atoms. The van der Waals surface area contributed by atoms with Gasteiger partial charge in [0, 0.05) is 37.6 Å². The third-order valence-corrected chi connectivity index (χ3v) is 3.56. The Morgan fingerprint density at radius 1 is 1.10 bits per heavy atom. The number of hydrogen-bond donors (Lipinski definition) is 1. The van der Waals surface area contributed by atoms with Gasteiger partial charge in [-0.2, -0.15) is 0 Å². The molecule has 6 nitrogen and oxygen atoms in total. The van der Waals surface area contributed by atoms with Gasteiger partial charge in [-0.3, -0.25) is 0 Å². The summed E-state index contributed by atoms with van der Waals surface area (Å²) in [4.78, 5) is 26.2. The topological polar surface area (TPSA) is 79.8 Å². The monoisotopic (exact) mass is 273 g/mol. The van der Waals surface area contributed by atoms with E-state index in [1.807, 2.05) is 18.2 Å². The lowest BCUT2D eigenvalue weighted by Crippen LogP contribution is -2.50. The van der Waals surface area contributed by atoms with Gasteiger partial charge >= 0.3 is 11.7 Å². The number of carbonyl (C=O) groups excluding carboxylic acids is 1. The van der Waals surface area contributed by atoms with Crippen molar-refractivity contribution in [3.8, 4) is 0 Å². The SMILES string of the molecule is NC(=O)N1CCN(c2cccc3ccc(=O)oc23)CC1. The highest BCUT2D eigenvalue weighted by atomic mass is 16.4. The summed E-state index contributed by atoms with van der Waals surface area (Å²) in [5.74, 6) is 0. The van der Waals surface area contributed by atoms with E-state index < -0.39 is 6.03 Å². The number of urea groups is 1. The summed E-state index contributed by atoms with van der Waals surface area (Å²) in [6.45, 7) is 2.48. The van der Waals surface area contributed by atoms with Crippen molar-refractivity contribution in [3.05, 3.63) is 40.8 Å². The zero-order chi connectivity index (χ0) is 14.1. The summed E-state index contributed by atoms with van der Waals surface area (Å²) >= 11 is 0. The number of primary amides is 1. The second-order valence-electron chi connectivity index (χ2n) is 4.76. The standard InChI is InChI=1S/C14H15N3O3/c15-14(19)17-8-6-16(7-9-17)11-3-1-2-10-4-5-12(18)20-13(10)11/h1-5H,6-9H2,(H2,15,19). The van der Waals surface area contributed by atoms with Gasteiger partial charge in [-0.25, -0.2) is 9.59 Å². The van der Waals surface area contributed by atoms with Gasteiger partial charge in [0.05, 0.1) is 5.69 Å². The molecule has 1 aliphatic rings. The molecule has 20 heavy (non-hydrogen) atoms. The first-order valence-electron chi connectivity index (χ1n) is 6.47. The molecule has 2 amide bonds. The van der Waals surface area contributed by atoms with E-state index >= 15 is 0 Å². The number of piperazine rings is 1. The van der Waals surface area contributed by atoms with Crippen LogP contribution in [-0.2, 0) is 0 Å². The summed E-state index contributed by atoms with van der Waals surface area (Å²) in [6, 6.07) is 8.53. The molecule has 104 valence electrons. The van der Waals surface area contributed by atoms with Gasteiger partial charge in [-0.1, -0.05) is 12.1 Å². The van der Waals surface area contributed by atoms with Crippen LogP contribution in [0.5, 0.6) is 0 Å². The number of anilines is 1. The zero-order valence-electron chi connectivity index (χ0n) is 10.9. The number of benzene rings is 1. The van der Waals surface area contributed by atoms with Crippen molar-refractivity contribution in [2.75, 3.05) is 31.1 Å². The minimum atomic E-state index is -0.394. The van der Waals surface area contributed by atoms with Gasteiger partial charge in [0.2, 0.25) is 0 Å². The summed E-state index contributed by atoms with van der Waals surface area (Å²) in [5, 5.41) is 0.888. The van der Waals surface area contributed by atoms with E-state index in [1.54, 1.807) is 11.0 Å². The minimum absolute atomic E-state index is 0.360. The molecule has 1 saturated heterocycles. The van der Waals surface area contributed by atoms with Crippen LogP contribution in [0.4, 0.5) is 10.5 Å². The smallest absolute Gasteiger partial charge is 0.336 e. The highest BCUT2D eigenvalue weighted by Gasteiger charge is 2.21. The summed E-state index contributed by atoms with van der Waals surface area (Å²) in [7, 11) is 0. The molecular weight excluding hydrogens is 258 g/mol. The average molecular weight is 273 g/mol. The number of carbonyl (C=O) groups is 1. The minimum Gasteiger partial charge on any atom is -0.420 e. The van der Waals surface area contributed by atoms with Crippen molar-refractivity contribution in [2.24, 2.45) is 5.73 Å². The van der Waals surface area contributed by atoms with E-state index in [-0.39, 0.29) is 5.63 Å². The highest BCUT2D eigenvalue weighted by Crippen LogP contribution is 2.26. The second-order valence-corrected chi connectivity index (χ2v) is 4.76. The first-order chi connectivity index (χ1) is 9.65. The Morgan fingerprint density at radius 2 is 1.85 bits per heavy atom. The van der Waals surface area contributed by atoms with Crippen LogP contribution < -0.4 is 16.3 Å². The molecular formula is C14H15N3O3. The number of nitrogens with two attached hydrogens (primary N) is 1. The molecule has 1 aliphatic heterocycles. The second kappa shape index (κ2) is 4.88. The fraction of sp³-hybridized carbons (Fsp3) is 0.286. The van der Waals surface area contributed by atoms with Gasteiger partial charge in [-0.15, -0.1) is 0 Å². The predicted molar refractivity (Wildman–Crippen MR) is 75.9 cm³/mol. The third kappa shape index (κ3) is 2.20. The molecule has 0 unspecified atom stereocenters. The molecule has 0 saturated carbocycles. The molecule has 1 fully saturated rings. The first kappa shape index (κ1) is 12.5. The summed E-state index contributed by atoms with van der Waals surface area (Å²) in [6.07, 6.45) is 0. The fourth-order valence-electron chi connectivity index (χ4n) is 2.49. The number of amides is 2. The van der Waals surface area contributed by atoms with E-state index in [2.05, 4.69) is 4.90 Å². The maximum Gasteiger partial charge on any atom is 0.336 e. The number of rotatable bonds is 1. The van der Waals surface area contributed by atoms with Gasteiger partial charge in [0.25, 0.3) is 0 Å². The van der Waals surface area contributed by atoms with Gasteiger partial charge < -0.3 is 20.0 Å². The lowest BCUT2D eigenvalue weighted by Gasteiger charge is -2.35. The van der Waals surface area contributed by atoms with Crippen LogP contribution in [0.25, 0.3) is 11.0 Å². The molecule has 6 heteroatoms. The third-order valence-electron chi connectivity index (χ3n) is 3.56. The first-order valence-corrected chi connectivity index (χ1v) is 6.47. The molecule has 0 atom stereocenters. The molecule has 3 rings (SSSR count). The fourth-order valence-corrected chi connectivity index (χ4v) is 2.49. The predicted octanol–water partition coefficient (Wildman–Crippen LogP) is 0.994. The van der Waals surface area contributed by atoms with Crippen LogP contribution in [0.3, 0.4) is 0 Å². The molecule has 2 heterocycles. The highest BCUT2D eigenvalue weighted by molar-refractivity contribution is 5.89. The molecule has 0 aliphatic carbocycles. The average Bonchev–Trinajstić information content (AvgIpc) is 2.46. The molecule has 0 radical (unpaired) electrons. The Labute approximate surface area is 115 Å². The van der Waals surface area contributed by atoms with Crippen molar-refractivity contribution in [1.29, 1.82) is 0 Å². The van der Waals surface area contributed by atoms with Crippen LogP contribution in [0.2, 0.25) is 0 Å². The normalized spacial score (nSPS) is 15.6. The van der Waals surface area contributed by atoms with Crippen LogP contribution >= 0.6 is 0 Å². The van der Waals surface area contributed by atoms with Crippen molar-refractivity contribution in [3.63, 3.8) is 0 Å².